The highest BCUT2D eigenvalue weighted by atomic mass is 16.5. The summed E-state index contributed by atoms with van der Waals surface area (Å²) in [5, 5.41) is 46.0. The van der Waals surface area contributed by atoms with E-state index in [1.165, 1.54) is 161 Å². The Kier molecular flexibility index (Phi) is 41.7. The number of ether oxygens (including phenoxy) is 4. The van der Waals surface area contributed by atoms with Crippen LogP contribution in [-0.4, -0.2) is 147 Å². The molecule has 11 nitrogen and oxygen atoms in total. The molecular weight excluding hydrogens is 771 g/mol. The Morgan fingerprint density at radius 1 is 0.377 bits per heavy atom. The number of hydrogen-bond acceptors (Lipinski definition) is 11. The molecule has 61 heavy (non-hydrogen) atoms. The fourth-order valence-corrected chi connectivity index (χ4v) is 8.94. The topological polar surface area (TPSA) is 145 Å². The fraction of sp³-hybridized carbons (Fsp3) is 1.00. The van der Waals surface area contributed by atoms with Gasteiger partial charge in [-0.15, -0.1) is 0 Å². The van der Waals surface area contributed by atoms with E-state index in [2.05, 4.69) is 15.5 Å². The summed E-state index contributed by atoms with van der Waals surface area (Å²) < 4.78 is 20.9. The quantitative estimate of drug-likeness (QED) is 0.0587. The monoisotopic (exact) mass is 874 g/mol. The van der Waals surface area contributed by atoms with Crippen LogP contribution in [0.2, 0.25) is 0 Å². The predicted octanol–water partition coefficient (Wildman–Crippen LogP) is 8.71. The van der Waals surface area contributed by atoms with Gasteiger partial charge < -0.3 is 50.0 Å². The molecule has 0 aromatic heterocycles. The number of aliphatic hydroxyl groups excluding tert-OH is 4. The Morgan fingerprint density at radius 3 is 0.902 bits per heavy atom. The summed E-state index contributed by atoms with van der Waals surface area (Å²) in [5.74, 6) is 0. The summed E-state index contributed by atoms with van der Waals surface area (Å²) >= 11 is 0. The molecule has 11 heteroatoms. The number of nitrogens with zero attached hydrogens (tertiary/aromatic N) is 1. The Balaban J connectivity index is 0.000000408. The average Bonchev–Trinajstić information content (AvgIpc) is 3.32. The second-order valence-corrected chi connectivity index (χ2v) is 18.2. The first-order chi connectivity index (χ1) is 29.8. The van der Waals surface area contributed by atoms with E-state index in [1.54, 1.807) is 0 Å². The largest absolute Gasteiger partial charge is 0.389 e. The molecule has 4 unspecified atom stereocenters. The van der Waals surface area contributed by atoms with Gasteiger partial charge in [0.15, 0.2) is 0 Å². The second kappa shape index (κ2) is 43.5. The molecule has 0 bridgehead atoms. The van der Waals surface area contributed by atoms with Crippen molar-refractivity contribution >= 4 is 0 Å². The van der Waals surface area contributed by atoms with Crippen LogP contribution in [0.1, 0.15) is 201 Å². The van der Waals surface area contributed by atoms with Crippen molar-refractivity contribution in [3.05, 3.63) is 0 Å². The van der Waals surface area contributed by atoms with Crippen molar-refractivity contribution < 1.29 is 39.4 Å². The second-order valence-electron chi connectivity index (χ2n) is 18.2. The summed E-state index contributed by atoms with van der Waals surface area (Å²) in [4.78, 5) is 2.23. The van der Waals surface area contributed by atoms with Gasteiger partial charge >= 0.3 is 0 Å². The van der Waals surface area contributed by atoms with E-state index in [1.807, 2.05) is 27.7 Å². The average molecular weight is 874 g/mol. The fourth-order valence-electron chi connectivity index (χ4n) is 8.94. The van der Waals surface area contributed by atoms with Crippen LogP contribution in [0, 0.1) is 0 Å². The maximum absolute atomic E-state index is 10.1. The van der Waals surface area contributed by atoms with Crippen LogP contribution in [0.25, 0.3) is 0 Å². The maximum atomic E-state index is 10.1. The maximum Gasteiger partial charge on any atom is 0.0900 e. The molecule has 0 heterocycles. The summed E-state index contributed by atoms with van der Waals surface area (Å²) in [6.07, 6.45) is 35.5. The van der Waals surface area contributed by atoms with Gasteiger partial charge in [0.25, 0.3) is 0 Å². The first-order valence-electron chi connectivity index (χ1n) is 26.1. The van der Waals surface area contributed by atoms with E-state index in [4.69, 9.17) is 18.9 Å². The lowest BCUT2D eigenvalue weighted by Crippen LogP contribution is -2.47. The predicted molar refractivity (Wildman–Crippen MR) is 254 cm³/mol. The number of aliphatic hydroxyl groups is 4. The molecule has 0 spiro atoms. The van der Waals surface area contributed by atoms with Gasteiger partial charge in [-0.1, -0.05) is 135 Å². The molecular formula is C50H103N3O8. The van der Waals surface area contributed by atoms with Crippen LogP contribution in [0.3, 0.4) is 0 Å². The highest BCUT2D eigenvalue weighted by Gasteiger charge is 2.25. The molecule has 5 rings (SSSR count). The van der Waals surface area contributed by atoms with Crippen molar-refractivity contribution in [2.24, 2.45) is 0 Å². The van der Waals surface area contributed by atoms with Gasteiger partial charge in [0.2, 0.25) is 0 Å². The van der Waals surface area contributed by atoms with Crippen molar-refractivity contribution in [3.63, 3.8) is 0 Å². The van der Waals surface area contributed by atoms with Gasteiger partial charge in [-0.2, -0.15) is 0 Å². The standard InChI is InChI=1S/C16H33NO4.2C11H23NO2.2C6H12/c1-3-20-12-15(18)10-17(11-16(19)13-21-4-2)14-8-6-5-7-9-14;2*1-2-14-9-11(13)8-12-10-6-4-3-5-7-10;2*1-2-4-6-5-3-1/h14-16,18-19H,3-13H2,1-2H3;2*10-13H,2-9H2,1H3;2*1-6H2. The van der Waals surface area contributed by atoms with Gasteiger partial charge in [0.05, 0.1) is 50.8 Å². The minimum atomic E-state index is -0.494. The van der Waals surface area contributed by atoms with Gasteiger partial charge in [0.1, 0.15) is 0 Å². The molecule has 366 valence electrons. The lowest BCUT2D eigenvalue weighted by molar-refractivity contribution is -0.0228. The molecule has 5 aliphatic rings. The summed E-state index contributed by atoms with van der Waals surface area (Å²) in [5.41, 5.74) is 0. The molecule has 0 aromatic carbocycles. The summed E-state index contributed by atoms with van der Waals surface area (Å²) in [6.45, 7) is 14.4. The molecule has 0 aromatic rings. The summed E-state index contributed by atoms with van der Waals surface area (Å²) in [7, 11) is 0. The van der Waals surface area contributed by atoms with Crippen molar-refractivity contribution in [1.29, 1.82) is 0 Å². The third-order valence-corrected chi connectivity index (χ3v) is 12.5. The van der Waals surface area contributed by atoms with Crippen LogP contribution in [0.4, 0.5) is 0 Å². The molecule has 5 aliphatic carbocycles. The van der Waals surface area contributed by atoms with Crippen molar-refractivity contribution in [2.75, 3.05) is 79.0 Å². The zero-order valence-corrected chi connectivity index (χ0v) is 40.5. The van der Waals surface area contributed by atoms with Crippen molar-refractivity contribution in [1.82, 2.24) is 15.5 Å². The first-order valence-corrected chi connectivity index (χ1v) is 26.1. The molecule has 5 fully saturated rings. The zero-order valence-electron chi connectivity index (χ0n) is 40.5. The van der Waals surface area contributed by atoms with E-state index in [-0.39, 0.29) is 12.2 Å². The lowest BCUT2D eigenvalue weighted by atomic mass is 9.93. The number of hydrogen-bond donors (Lipinski definition) is 6. The van der Waals surface area contributed by atoms with Gasteiger partial charge in [0, 0.05) is 70.7 Å². The van der Waals surface area contributed by atoms with Crippen LogP contribution >= 0.6 is 0 Å². The Bertz CT molecular complexity index is 785. The van der Waals surface area contributed by atoms with E-state index < -0.39 is 12.2 Å². The molecule has 4 atom stereocenters. The van der Waals surface area contributed by atoms with Crippen molar-refractivity contribution in [3.8, 4) is 0 Å². The van der Waals surface area contributed by atoms with Crippen LogP contribution in [0.5, 0.6) is 0 Å². The van der Waals surface area contributed by atoms with Crippen LogP contribution in [0.15, 0.2) is 0 Å². The Hall–Kier alpha value is -0.440. The molecule has 0 radical (unpaired) electrons. The van der Waals surface area contributed by atoms with Crippen molar-refractivity contribution in [2.45, 2.75) is 244 Å². The van der Waals surface area contributed by atoms with Crippen LogP contribution in [-0.2, 0) is 18.9 Å². The lowest BCUT2D eigenvalue weighted by Gasteiger charge is -2.36. The van der Waals surface area contributed by atoms with Gasteiger partial charge in [-0.25, -0.2) is 0 Å². The minimum absolute atomic E-state index is 0.350. The molecule has 0 saturated heterocycles. The highest BCUT2D eigenvalue weighted by Crippen LogP contribution is 2.23. The SMILES string of the molecule is C1CCCCC1.C1CCCCC1.CCOCC(O)CN(CC(O)COCC)C1CCCCC1.CCOCC(O)CNC1CCCCC1.CCOCC(O)CNC1CCCCC1. The molecule has 6 N–H and O–H groups in total. The smallest absolute Gasteiger partial charge is 0.0900 e. The first kappa shape index (κ1) is 58.6. The van der Waals surface area contributed by atoms with Gasteiger partial charge in [-0.05, 0) is 66.2 Å². The minimum Gasteiger partial charge on any atom is -0.389 e. The highest BCUT2D eigenvalue weighted by molar-refractivity contribution is 4.80. The third kappa shape index (κ3) is 36.5. The van der Waals surface area contributed by atoms with Gasteiger partial charge in [-0.3, -0.25) is 4.90 Å². The zero-order chi connectivity index (χ0) is 44.4. The number of rotatable bonds is 23. The van der Waals surface area contributed by atoms with E-state index in [9.17, 15) is 20.4 Å². The third-order valence-electron chi connectivity index (χ3n) is 12.5. The Labute approximate surface area is 376 Å². The van der Waals surface area contributed by atoms with E-state index >= 15 is 0 Å². The van der Waals surface area contributed by atoms with Crippen LogP contribution < -0.4 is 10.6 Å². The molecule has 0 amide bonds. The van der Waals surface area contributed by atoms with E-state index in [0.717, 1.165) is 12.8 Å². The normalized spacial score (nSPS) is 21.2. The van der Waals surface area contributed by atoms with E-state index in [0.29, 0.717) is 97.2 Å². The molecule has 5 saturated carbocycles. The summed E-state index contributed by atoms with van der Waals surface area (Å²) in [6, 6.07) is 1.71. The Morgan fingerprint density at radius 2 is 0.623 bits per heavy atom. The molecule has 0 aliphatic heterocycles. The number of nitrogens with one attached hydrogen (secondary N) is 2.